The zero-order valence-corrected chi connectivity index (χ0v) is 14.1. The highest BCUT2D eigenvalue weighted by molar-refractivity contribution is 7.08. The molecule has 0 aliphatic heterocycles. The second-order valence-electron chi connectivity index (χ2n) is 5.07. The van der Waals surface area contributed by atoms with Crippen molar-refractivity contribution in [1.29, 1.82) is 0 Å². The summed E-state index contributed by atoms with van der Waals surface area (Å²) in [5.74, 6) is -6.25. The number of nitrogens with one attached hydrogen (secondary N) is 3. The van der Waals surface area contributed by atoms with E-state index in [1.54, 1.807) is 16.8 Å². The van der Waals surface area contributed by atoms with Gasteiger partial charge in [0.25, 0.3) is 5.91 Å². The molecule has 1 aromatic carbocycles. The molecule has 0 saturated heterocycles. The number of carbonyl (C=O) groups is 3. The van der Waals surface area contributed by atoms with Crippen LogP contribution in [-0.2, 0) is 9.59 Å². The minimum Gasteiger partial charge on any atom is -0.351 e. The van der Waals surface area contributed by atoms with Crippen LogP contribution in [0, 0.1) is 17.5 Å². The highest BCUT2D eigenvalue weighted by atomic mass is 32.1. The fourth-order valence-electron chi connectivity index (χ4n) is 1.87. The molecule has 6 nitrogen and oxygen atoms in total. The first-order chi connectivity index (χ1) is 12.4. The zero-order valence-electron chi connectivity index (χ0n) is 13.3. The van der Waals surface area contributed by atoms with Crippen molar-refractivity contribution in [3.63, 3.8) is 0 Å². The van der Waals surface area contributed by atoms with E-state index in [0.29, 0.717) is 11.6 Å². The van der Waals surface area contributed by atoms with Crippen molar-refractivity contribution >= 4 is 34.7 Å². The number of carbonyl (C=O) groups excluding carboxylic acids is 3. The van der Waals surface area contributed by atoms with Crippen molar-refractivity contribution in [3.05, 3.63) is 52.0 Å². The fourth-order valence-corrected chi connectivity index (χ4v) is 2.51. The SMILES string of the molecule is O=C(CCNC(=O)c1ccsc1)NCC(=O)Nc1ccc(F)c(F)c1F. The molecule has 26 heavy (non-hydrogen) atoms. The molecule has 2 rings (SSSR count). The second kappa shape index (κ2) is 8.99. The van der Waals surface area contributed by atoms with Gasteiger partial charge in [-0.3, -0.25) is 14.4 Å². The van der Waals surface area contributed by atoms with E-state index in [1.807, 2.05) is 5.32 Å². The quantitative estimate of drug-likeness (QED) is 0.638. The number of hydrogen-bond donors (Lipinski definition) is 3. The number of thiophene rings is 1. The summed E-state index contributed by atoms with van der Waals surface area (Å²) in [6.45, 7) is -0.421. The number of hydrogen-bond acceptors (Lipinski definition) is 4. The van der Waals surface area contributed by atoms with Crippen LogP contribution in [0.1, 0.15) is 16.8 Å². The molecule has 3 amide bonds. The molecule has 3 N–H and O–H groups in total. The Hall–Kier alpha value is -2.88. The Kier molecular flexibility index (Phi) is 6.73. The molecule has 2 aromatic rings. The molecule has 0 bridgehead atoms. The normalized spacial score (nSPS) is 10.3. The van der Waals surface area contributed by atoms with Crippen LogP contribution in [0.5, 0.6) is 0 Å². The first kappa shape index (κ1) is 19.4. The van der Waals surface area contributed by atoms with E-state index in [2.05, 4.69) is 10.6 Å². The predicted octanol–water partition coefficient (Wildman–Crippen LogP) is 2.04. The highest BCUT2D eigenvalue weighted by Gasteiger charge is 2.15. The summed E-state index contributed by atoms with van der Waals surface area (Å²) in [5.41, 5.74) is -0.0467. The molecule has 0 radical (unpaired) electrons. The number of rotatable bonds is 7. The Morgan fingerprint density at radius 2 is 1.73 bits per heavy atom. The molecule has 10 heteroatoms. The zero-order chi connectivity index (χ0) is 19.1. The topological polar surface area (TPSA) is 87.3 Å². The van der Waals surface area contributed by atoms with Crippen molar-refractivity contribution in [2.24, 2.45) is 0 Å². The van der Waals surface area contributed by atoms with Crippen molar-refractivity contribution in [2.45, 2.75) is 6.42 Å². The van der Waals surface area contributed by atoms with E-state index >= 15 is 0 Å². The van der Waals surface area contributed by atoms with Crippen molar-refractivity contribution in [3.8, 4) is 0 Å². The maximum Gasteiger partial charge on any atom is 0.252 e. The molecular weight excluding hydrogens is 371 g/mol. The van der Waals surface area contributed by atoms with E-state index < -0.39 is 41.5 Å². The summed E-state index contributed by atoms with van der Waals surface area (Å²) in [7, 11) is 0. The Labute approximate surface area is 150 Å². The van der Waals surface area contributed by atoms with Crippen LogP contribution in [0.15, 0.2) is 29.0 Å². The Morgan fingerprint density at radius 3 is 2.42 bits per heavy atom. The van der Waals surface area contributed by atoms with Gasteiger partial charge >= 0.3 is 0 Å². The lowest BCUT2D eigenvalue weighted by molar-refractivity contribution is -0.124. The minimum atomic E-state index is -1.70. The van der Waals surface area contributed by atoms with Crippen LogP contribution < -0.4 is 16.0 Å². The molecule has 138 valence electrons. The van der Waals surface area contributed by atoms with Gasteiger partial charge in [0.2, 0.25) is 11.8 Å². The van der Waals surface area contributed by atoms with Gasteiger partial charge in [-0.1, -0.05) is 0 Å². The minimum absolute atomic E-state index is 0.0668. The van der Waals surface area contributed by atoms with Crippen LogP contribution in [-0.4, -0.2) is 30.8 Å². The number of amides is 3. The number of halogens is 3. The maximum absolute atomic E-state index is 13.4. The van der Waals surface area contributed by atoms with E-state index in [9.17, 15) is 27.6 Å². The molecule has 1 aromatic heterocycles. The van der Waals surface area contributed by atoms with Gasteiger partial charge in [0.15, 0.2) is 17.5 Å². The Bertz CT molecular complexity index is 813. The fraction of sp³-hybridized carbons (Fsp3) is 0.188. The van der Waals surface area contributed by atoms with Crippen molar-refractivity contribution < 1.29 is 27.6 Å². The van der Waals surface area contributed by atoms with Crippen LogP contribution in [0.2, 0.25) is 0 Å². The smallest absolute Gasteiger partial charge is 0.252 e. The van der Waals surface area contributed by atoms with Crippen LogP contribution in [0.25, 0.3) is 0 Å². The maximum atomic E-state index is 13.4. The summed E-state index contributed by atoms with van der Waals surface area (Å²) in [4.78, 5) is 34.9. The molecule has 0 aliphatic carbocycles. The lowest BCUT2D eigenvalue weighted by atomic mass is 10.2. The van der Waals surface area contributed by atoms with E-state index in [-0.39, 0.29) is 18.9 Å². The van der Waals surface area contributed by atoms with Crippen LogP contribution in [0.3, 0.4) is 0 Å². The van der Waals surface area contributed by atoms with Crippen LogP contribution in [0.4, 0.5) is 18.9 Å². The third-order valence-electron chi connectivity index (χ3n) is 3.18. The van der Waals surface area contributed by atoms with E-state index in [1.165, 1.54) is 11.3 Å². The van der Waals surface area contributed by atoms with Gasteiger partial charge in [0, 0.05) is 23.9 Å². The Morgan fingerprint density at radius 1 is 0.962 bits per heavy atom. The number of anilines is 1. The van der Waals surface area contributed by atoms with Gasteiger partial charge < -0.3 is 16.0 Å². The van der Waals surface area contributed by atoms with Gasteiger partial charge in [0.1, 0.15) is 0 Å². The molecule has 0 aliphatic rings. The molecule has 1 heterocycles. The third-order valence-corrected chi connectivity index (χ3v) is 3.86. The average Bonchev–Trinajstić information content (AvgIpc) is 3.15. The largest absolute Gasteiger partial charge is 0.351 e. The van der Waals surface area contributed by atoms with Crippen LogP contribution >= 0.6 is 11.3 Å². The second-order valence-corrected chi connectivity index (χ2v) is 5.85. The van der Waals surface area contributed by atoms with Crippen molar-refractivity contribution in [1.82, 2.24) is 10.6 Å². The van der Waals surface area contributed by atoms with E-state index in [0.717, 1.165) is 6.07 Å². The van der Waals surface area contributed by atoms with Crippen molar-refractivity contribution in [2.75, 3.05) is 18.4 Å². The molecular formula is C16H14F3N3O3S. The summed E-state index contributed by atoms with van der Waals surface area (Å²) < 4.78 is 39.3. The number of benzene rings is 1. The molecule has 0 unspecified atom stereocenters. The lowest BCUT2D eigenvalue weighted by Crippen LogP contribution is -2.35. The molecule has 0 fully saturated rings. The first-order valence-electron chi connectivity index (χ1n) is 7.39. The summed E-state index contributed by atoms with van der Waals surface area (Å²) in [6, 6.07) is 3.18. The molecule has 0 saturated carbocycles. The third kappa shape index (κ3) is 5.31. The lowest BCUT2D eigenvalue weighted by Gasteiger charge is -2.09. The van der Waals surface area contributed by atoms with Gasteiger partial charge in [0.05, 0.1) is 12.2 Å². The van der Waals surface area contributed by atoms with Gasteiger partial charge in [-0.2, -0.15) is 11.3 Å². The first-order valence-corrected chi connectivity index (χ1v) is 8.33. The summed E-state index contributed by atoms with van der Waals surface area (Å²) in [5, 5.41) is 10.2. The van der Waals surface area contributed by atoms with E-state index in [4.69, 9.17) is 0 Å². The summed E-state index contributed by atoms with van der Waals surface area (Å²) in [6.07, 6.45) is -0.0668. The van der Waals surface area contributed by atoms with Gasteiger partial charge in [-0.15, -0.1) is 0 Å². The monoisotopic (exact) mass is 385 g/mol. The Balaban J connectivity index is 1.71. The highest BCUT2D eigenvalue weighted by Crippen LogP contribution is 2.19. The van der Waals surface area contributed by atoms with Gasteiger partial charge in [-0.05, 0) is 23.6 Å². The van der Waals surface area contributed by atoms with Gasteiger partial charge in [-0.25, -0.2) is 13.2 Å². The predicted molar refractivity (Wildman–Crippen MR) is 89.2 cm³/mol. The average molecular weight is 385 g/mol. The standard InChI is InChI=1S/C16H14F3N3O3S/c17-10-1-2-11(15(19)14(10)18)22-13(24)7-21-12(23)3-5-20-16(25)9-4-6-26-8-9/h1-2,4,6,8H,3,5,7H2,(H,20,25)(H,21,23)(H,22,24). The summed E-state index contributed by atoms with van der Waals surface area (Å²) >= 11 is 1.37. The molecule has 0 atom stereocenters. The molecule has 0 spiro atoms.